The highest BCUT2D eigenvalue weighted by Gasteiger charge is 2.23. The van der Waals surface area contributed by atoms with Crippen molar-refractivity contribution in [2.45, 2.75) is 19.4 Å². The van der Waals surface area contributed by atoms with Crippen molar-refractivity contribution >= 4 is 11.5 Å². The highest BCUT2D eigenvalue weighted by molar-refractivity contribution is 5.45. The first-order valence-electron chi connectivity index (χ1n) is 6.88. The summed E-state index contributed by atoms with van der Waals surface area (Å²) in [5, 5.41) is 22.2. The summed E-state index contributed by atoms with van der Waals surface area (Å²) in [4.78, 5) is 4.54. The summed E-state index contributed by atoms with van der Waals surface area (Å²) >= 11 is 0. The van der Waals surface area contributed by atoms with Crippen molar-refractivity contribution in [3.63, 3.8) is 0 Å². The van der Waals surface area contributed by atoms with Crippen molar-refractivity contribution in [1.82, 2.24) is 24.7 Å². The van der Waals surface area contributed by atoms with E-state index >= 15 is 0 Å². The van der Waals surface area contributed by atoms with Crippen LogP contribution in [0.4, 0.5) is 5.82 Å². The van der Waals surface area contributed by atoms with Gasteiger partial charge in [0.1, 0.15) is 12.1 Å². The van der Waals surface area contributed by atoms with Gasteiger partial charge in [-0.3, -0.25) is 4.90 Å². The molecule has 3 rings (SSSR count). The molecule has 2 aromatic rings. The fourth-order valence-electron chi connectivity index (χ4n) is 2.57. The molecule has 0 atom stereocenters. The van der Waals surface area contributed by atoms with Crippen LogP contribution in [0.15, 0.2) is 18.5 Å². The molecule has 7 nitrogen and oxygen atoms in total. The number of hydrogen-bond donors (Lipinski definition) is 1. The molecule has 1 saturated heterocycles. The van der Waals surface area contributed by atoms with Crippen LogP contribution in [0.5, 0.6) is 0 Å². The molecule has 2 aromatic heterocycles. The second-order valence-electron chi connectivity index (χ2n) is 5.90. The molecule has 1 aliphatic heterocycles. The zero-order valence-corrected chi connectivity index (χ0v) is 11.9. The molecule has 0 amide bonds. The van der Waals surface area contributed by atoms with E-state index in [-0.39, 0.29) is 0 Å². The Bertz CT molecular complexity index is 582. The van der Waals surface area contributed by atoms with Gasteiger partial charge in [-0.25, -0.2) is 0 Å². The molecule has 1 fully saturated rings. The van der Waals surface area contributed by atoms with Gasteiger partial charge in [0.25, 0.3) is 0 Å². The van der Waals surface area contributed by atoms with E-state index in [0.29, 0.717) is 6.54 Å². The Morgan fingerprint density at radius 2 is 1.95 bits per heavy atom. The van der Waals surface area contributed by atoms with Crippen LogP contribution in [0, 0.1) is 0 Å². The number of aromatic nitrogens is 4. The van der Waals surface area contributed by atoms with Gasteiger partial charge in [0.05, 0.1) is 5.60 Å². The Balaban J connectivity index is 1.65. The summed E-state index contributed by atoms with van der Waals surface area (Å²) in [6, 6.07) is 3.91. The van der Waals surface area contributed by atoms with Crippen molar-refractivity contribution in [2.24, 2.45) is 0 Å². The number of fused-ring (bicyclic) bond motifs is 1. The highest BCUT2D eigenvalue weighted by atomic mass is 16.3. The average molecular weight is 276 g/mol. The fraction of sp³-hybridized carbons (Fsp3) is 0.615. The largest absolute Gasteiger partial charge is 0.389 e. The molecule has 1 N–H and O–H groups in total. The van der Waals surface area contributed by atoms with Gasteiger partial charge in [-0.15, -0.1) is 15.3 Å². The third-order valence-electron chi connectivity index (χ3n) is 3.45. The summed E-state index contributed by atoms with van der Waals surface area (Å²) in [6.45, 7) is 8.10. The second-order valence-corrected chi connectivity index (χ2v) is 5.90. The Morgan fingerprint density at radius 1 is 1.20 bits per heavy atom. The summed E-state index contributed by atoms with van der Waals surface area (Å²) in [7, 11) is 0. The van der Waals surface area contributed by atoms with Gasteiger partial charge in [0.15, 0.2) is 5.65 Å². The van der Waals surface area contributed by atoms with E-state index < -0.39 is 5.60 Å². The molecule has 0 spiro atoms. The zero-order chi connectivity index (χ0) is 14.2. The van der Waals surface area contributed by atoms with Crippen LogP contribution in [-0.2, 0) is 0 Å². The minimum absolute atomic E-state index is 0.637. The summed E-state index contributed by atoms with van der Waals surface area (Å²) in [5.74, 6) is 0.945. The van der Waals surface area contributed by atoms with E-state index in [9.17, 15) is 5.11 Å². The number of nitrogens with zero attached hydrogens (tertiary/aromatic N) is 6. The van der Waals surface area contributed by atoms with Crippen molar-refractivity contribution in [3.05, 3.63) is 18.5 Å². The maximum Gasteiger partial charge on any atom is 0.177 e. The second kappa shape index (κ2) is 4.99. The van der Waals surface area contributed by atoms with E-state index in [4.69, 9.17) is 0 Å². The topological polar surface area (TPSA) is 69.8 Å². The summed E-state index contributed by atoms with van der Waals surface area (Å²) in [5.41, 5.74) is 0.122. The first kappa shape index (κ1) is 13.3. The molecule has 0 saturated carbocycles. The Kier molecular flexibility index (Phi) is 3.31. The van der Waals surface area contributed by atoms with Crippen molar-refractivity contribution < 1.29 is 5.11 Å². The van der Waals surface area contributed by atoms with Gasteiger partial charge >= 0.3 is 0 Å². The van der Waals surface area contributed by atoms with Crippen LogP contribution in [0.25, 0.3) is 5.65 Å². The molecule has 108 valence electrons. The van der Waals surface area contributed by atoms with Gasteiger partial charge in [0, 0.05) is 32.7 Å². The van der Waals surface area contributed by atoms with Crippen LogP contribution in [-0.4, -0.2) is 68.1 Å². The zero-order valence-electron chi connectivity index (χ0n) is 11.9. The smallest absolute Gasteiger partial charge is 0.177 e. The number of piperazine rings is 1. The average Bonchev–Trinajstić information content (AvgIpc) is 2.85. The molecule has 3 heterocycles. The monoisotopic (exact) mass is 276 g/mol. The van der Waals surface area contributed by atoms with Gasteiger partial charge in [0.2, 0.25) is 0 Å². The number of rotatable bonds is 3. The third-order valence-corrected chi connectivity index (χ3v) is 3.45. The van der Waals surface area contributed by atoms with E-state index in [2.05, 4.69) is 25.1 Å². The molecule has 1 aliphatic rings. The first-order valence-corrected chi connectivity index (χ1v) is 6.88. The molecule has 0 unspecified atom stereocenters. The maximum absolute atomic E-state index is 9.86. The lowest BCUT2D eigenvalue weighted by atomic mass is 10.1. The van der Waals surface area contributed by atoms with Crippen LogP contribution in [0.1, 0.15) is 13.8 Å². The minimum Gasteiger partial charge on any atom is -0.389 e. The van der Waals surface area contributed by atoms with Crippen LogP contribution in [0.3, 0.4) is 0 Å². The third kappa shape index (κ3) is 2.88. The van der Waals surface area contributed by atoms with Crippen LogP contribution in [0.2, 0.25) is 0 Å². The van der Waals surface area contributed by atoms with Gasteiger partial charge < -0.3 is 10.0 Å². The predicted octanol–water partition coefficient (Wildman–Crippen LogP) is 0.0172. The van der Waals surface area contributed by atoms with E-state index in [1.807, 2.05) is 26.0 Å². The molecule has 0 aromatic carbocycles. The fourth-order valence-corrected chi connectivity index (χ4v) is 2.57. The van der Waals surface area contributed by atoms with Crippen molar-refractivity contribution in [3.8, 4) is 0 Å². The Morgan fingerprint density at radius 3 is 2.65 bits per heavy atom. The summed E-state index contributed by atoms with van der Waals surface area (Å²) in [6.07, 6.45) is 1.61. The van der Waals surface area contributed by atoms with Crippen molar-refractivity contribution in [2.75, 3.05) is 37.6 Å². The molecule has 20 heavy (non-hydrogen) atoms. The van der Waals surface area contributed by atoms with E-state index in [0.717, 1.165) is 37.6 Å². The molecule has 0 aliphatic carbocycles. The lowest BCUT2D eigenvalue weighted by Gasteiger charge is -2.37. The van der Waals surface area contributed by atoms with Crippen LogP contribution < -0.4 is 4.90 Å². The van der Waals surface area contributed by atoms with Gasteiger partial charge in [-0.1, -0.05) is 0 Å². The highest BCUT2D eigenvalue weighted by Crippen LogP contribution is 2.15. The van der Waals surface area contributed by atoms with E-state index in [1.54, 1.807) is 10.8 Å². The van der Waals surface area contributed by atoms with E-state index in [1.165, 1.54) is 0 Å². The number of anilines is 1. The Hall–Kier alpha value is -1.73. The Labute approximate surface area is 117 Å². The lowest BCUT2D eigenvalue weighted by molar-refractivity contribution is 0.0344. The molecule has 7 heteroatoms. The normalized spacial score (nSPS) is 17.9. The maximum atomic E-state index is 9.86. The number of aliphatic hydroxyl groups is 1. The van der Waals surface area contributed by atoms with Crippen molar-refractivity contribution in [1.29, 1.82) is 0 Å². The van der Waals surface area contributed by atoms with Gasteiger partial charge in [-0.05, 0) is 26.0 Å². The number of hydrogen-bond acceptors (Lipinski definition) is 6. The first-order chi connectivity index (χ1) is 9.51. The lowest BCUT2D eigenvalue weighted by Crippen LogP contribution is -2.50. The minimum atomic E-state index is -0.637. The molecular formula is C13H20N6O. The van der Waals surface area contributed by atoms with Crippen LogP contribution >= 0.6 is 0 Å². The SMILES string of the molecule is CC(C)(O)CN1CCN(c2ccc3nncn3n2)CC1. The number of β-amino-alcohol motifs (C(OH)–C–C–N with tert-alkyl or cyclic N) is 1. The standard InChI is InChI=1S/C13H20N6O/c1-13(2,20)9-17-5-7-18(8-6-17)12-4-3-11-15-14-10-19(11)16-12/h3-4,10,20H,5-9H2,1-2H3. The molecule has 0 radical (unpaired) electrons. The van der Waals surface area contributed by atoms with Gasteiger partial charge in [-0.2, -0.15) is 4.52 Å². The molecular weight excluding hydrogens is 256 g/mol. The molecule has 0 bridgehead atoms. The predicted molar refractivity (Wildman–Crippen MR) is 75.7 cm³/mol. The quantitative estimate of drug-likeness (QED) is 0.852. The summed E-state index contributed by atoms with van der Waals surface area (Å²) < 4.78 is 1.69.